The van der Waals surface area contributed by atoms with Gasteiger partial charge in [-0.25, -0.2) is 8.42 Å². The summed E-state index contributed by atoms with van der Waals surface area (Å²) in [7, 11) is -5.92. The van der Waals surface area contributed by atoms with Crippen molar-refractivity contribution >= 4 is 10.1 Å². The number of rotatable bonds is 5. The molecule has 0 spiro atoms. The average Bonchev–Trinajstić information content (AvgIpc) is 2.68. The third-order valence-electron chi connectivity index (χ3n) is 6.26. The Morgan fingerprint density at radius 3 is 1.69 bits per heavy atom. The van der Waals surface area contributed by atoms with Crippen LogP contribution in [0.25, 0.3) is 0 Å². The van der Waals surface area contributed by atoms with E-state index in [9.17, 15) is 39.3 Å². The molecule has 32 heavy (non-hydrogen) atoms. The minimum atomic E-state index is -6.16. The quantitative estimate of drug-likeness (QED) is 0.460. The Morgan fingerprint density at radius 1 is 0.844 bits per heavy atom. The maximum atomic E-state index is 13.6. The topological polar surface area (TPSA) is 66.4 Å². The molecule has 4 nitrogen and oxygen atoms in total. The Kier molecular flexibility index (Phi) is 5.38. The molecular weight excluding hydrogens is 462 g/mol. The summed E-state index contributed by atoms with van der Waals surface area (Å²) >= 11 is 0. The number of fused-ring (bicyclic) bond motifs is 1. The van der Waals surface area contributed by atoms with E-state index >= 15 is 0 Å². The Bertz CT molecular complexity index is 1060. The Morgan fingerprint density at radius 2 is 1.28 bits per heavy atom. The number of hydrogen-bond acceptors (Lipinski definition) is 4. The summed E-state index contributed by atoms with van der Waals surface area (Å²) in [6, 6.07) is 14.4. The highest BCUT2D eigenvalue weighted by Gasteiger charge is 2.73. The molecule has 1 unspecified atom stereocenters. The third-order valence-corrected chi connectivity index (χ3v) is 7.02. The maximum absolute atomic E-state index is 13.6. The largest absolute Gasteiger partial charge is 0.748 e. The molecule has 3 aliphatic rings. The van der Waals surface area contributed by atoms with Crippen LogP contribution in [0.2, 0.25) is 0 Å². The van der Waals surface area contributed by atoms with Gasteiger partial charge in [0, 0.05) is 11.8 Å². The van der Waals surface area contributed by atoms with Gasteiger partial charge in [-0.05, 0) is 34.6 Å². The normalized spacial score (nSPS) is 23.0. The van der Waals surface area contributed by atoms with Crippen molar-refractivity contribution in [2.45, 2.75) is 36.2 Å². The second-order valence-corrected chi connectivity index (χ2v) is 9.52. The average molecular weight is 479 g/mol. The number of hydrogen-bond donors (Lipinski definition) is 0. The van der Waals surface area contributed by atoms with Gasteiger partial charge in [-0.1, -0.05) is 48.5 Å². The fourth-order valence-electron chi connectivity index (χ4n) is 4.95. The zero-order chi connectivity index (χ0) is 23.5. The highest BCUT2D eigenvalue weighted by Crippen LogP contribution is 2.56. The Hall–Kier alpha value is -2.11. The van der Waals surface area contributed by atoms with Crippen molar-refractivity contribution in [2.24, 2.45) is 5.92 Å². The van der Waals surface area contributed by atoms with Gasteiger partial charge in [0.05, 0.1) is 22.5 Å². The third kappa shape index (κ3) is 3.69. The van der Waals surface area contributed by atoms with Crippen molar-refractivity contribution < 1.29 is 44.0 Å². The summed E-state index contributed by atoms with van der Waals surface area (Å²) < 4.78 is 119. The fraction of sp³-hybridized carbons (Fsp3) is 0.429. The van der Waals surface area contributed by atoms with Gasteiger partial charge in [-0.3, -0.25) is 0 Å². The van der Waals surface area contributed by atoms with Gasteiger partial charge in [0.2, 0.25) is 0 Å². The van der Waals surface area contributed by atoms with Crippen molar-refractivity contribution in [2.75, 3.05) is 12.4 Å². The molecule has 0 saturated heterocycles. The maximum Gasteiger partial charge on any atom is 0.427 e. The lowest BCUT2D eigenvalue weighted by molar-refractivity contribution is -0.374. The summed E-state index contributed by atoms with van der Waals surface area (Å²) in [6.45, 7) is -1.02. The van der Waals surface area contributed by atoms with Gasteiger partial charge >= 0.3 is 12.4 Å². The van der Waals surface area contributed by atoms with Crippen LogP contribution in [0.5, 0.6) is 0 Å². The molecule has 0 radical (unpaired) electrons. The minimum absolute atomic E-state index is 0.231. The van der Waals surface area contributed by atoms with E-state index in [0.717, 1.165) is 22.3 Å². The molecular formula is C21H17F6O4S-. The monoisotopic (exact) mass is 479 g/mol. The van der Waals surface area contributed by atoms with E-state index in [-0.39, 0.29) is 12.3 Å². The molecule has 2 aromatic rings. The summed E-state index contributed by atoms with van der Waals surface area (Å²) in [5.74, 6) is -4.31. The van der Waals surface area contributed by atoms with Crippen LogP contribution in [0.3, 0.4) is 0 Å². The van der Waals surface area contributed by atoms with Crippen LogP contribution in [0.15, 0.2) is 48.5 Å². The van der Waals surface area contributed by atoms with Gasteiger partial charge in [-0.15, -0.1) is 0 Å². The number of ether oxygens (including phenoxy) is 1. The fourth-order valence-corrected chi connectivity index (χ4v) is 5.86. The van der Waals surface area contributed by atoms with E-state index in [1.807, 2.05) is 24.3 Å². The number of alkyl halides is 6. The van der Waals surface area contributed by atoms with E-state index in [1.165, 1.54) is 0 Å². The summed E-state index contributed by atoms with van der Waals surface area (Å²) in [6.07, 6.45) is -12.1. The van der Waals surface area contributed by atoms with Crippen LogP contribution >= 0.6 is 0 Å². The lowest BCUT2D eigenvalue weighted by atomic mass is 9.59. The van der Waals surface area contributed by atoms with Gasteiger partial charge in [0.25, 0.3) is 5.60 Å². The molecule has 11 heteroatoms. The molecule has 0 aliphatic heterocycles. The van der Waals surface area contributed by atoms with Gasteiger partial charge in [0.15, 0.2) is 0 Å². The molecule has 2 bridgehead atoms. The Labute approximate surface area is 179 Å². The molecule has 0 aromatic heterocycles. The van der Waals surface area contributed by atoms with Gasteiger partial charge in [-0.2, -0.15) is 26.3 Å². The first-order valence-electron chi connectivity index (χ1n) is 9.64. The van der Waals surface area contributed by atoms with E-state index in [4.69, 9.17) is 0 Å². The predicted molar refractivity (Wildman–Crippen MR) is 100 cm³/mol. The lowest BCUT2D eigenvalue weighted by Crippen LogP contribution is -2.63. The first-order chi connectivity index (χ1) is 14.8. The van der Waals surface area contributed by atoms with Crippen LogP contribution in [-0.2, 0) is 14.9 Å². The first-order valence-corrected chi connectivity index (χ1v) is 11.2. The predicted octanol–water partition coefficient (Wildman–Crippen LogP) is 4.71. The molecule has 0 fully saturated rings. The molecule has 2 aromatic carbocycles. The smallest absolute Gasteiger partial charge is 0.427 e. The number of benzene rings is 2. The summed E-state index contributed by atoms with van der Waals surface area (Å²) in [5.41, 5.74) is -1.62. The number of halogens is 6. The second-order valence-electron chi connectivity index (χ2n) is 8.12. The summed E-state index contributed by atoms with van der Waals surface area (Å²) in [5, 5.41) is 0. The standard InChI is InChI=1S/C21H18F6O4S/c22-20(23,24)19(21(25,26)27,11-32(28,29)30)31-10-12-9-17-13-5-1-3-7-15(13)18(12)16-8-4-2-6-14(16)17/h1-8,12,17-18H,9-11H2,(H,28,29,30)/p-1. The van der Waals surface area contributed by atoms with Crippen LogP contribution < -0.4 is 0 Å². The molecule has 1 atom stereocenters. The minimum Gasteiger partial charge on any atom is -0.748 e. The molecule has 0 saturated carbocycles. The van der Waals surface area contributed by atoms with E-state index in [0.29, 0.717) is 0 Å². The molecule has 174 valence electrons. The zero-order valence-corrected chi connectivity index (χ0v) is 17.1. The van der Waals surface area contributed by atoms with Crippen LogP contribution in [0.4, 0.5) is 26.3 Å². The van der Waals surface area contributed by atoms with Gasteiger partial charge < -0.3 is 9.29 Å². The zero-order valence-electron chi connectivity index (χ0n) is 16.3. The summed E-state index contributed by atoms with van der Waals surface area (Å²) in [4.78, 5) is 0. The van der Waals surface area contributed by atoms with Crippen molar-refractivity contribution in [3.05, 3.63) is 70.8 Å². The SMILES string of the molecule is O=S(=O)([O-])CC(OCC1CC2c3ccccc3C1c1ccccc12)(C(F)(F)F)C(F)(F)F. The van der Waals surface area contributed by atoms with Crippen molar-refractivity contribution in [1.82, 2.24) is 0 Å². The molecule has 3 aliphatic carbocycles. The van der Waals surface area contributed by atoms with Crippen molar-refractivity contribution in [3.63, 3.8) is 0 Å². The van der Waals surface area contributed by atoms with Crippen molar-refractivity contribution in [3.8, 4) is 0 Å². The van der Waals surface area contributed by atoms with Crippen LogP contribution in [0.1, 0.15) is 40.5 Å². The van der Waals surface area contributed by atoms with E-state index in [1.54, 1.807) is 24.3 Å². The molecule has 0 heterocycles. The van der Waals surface area contributed by atoms with Crippen molar-refractivity contribution in [1.29, 1.82) is 0 Å². The molecule has 5 rings (SSSR count). The second kappa shape index (κ2) is 7.46. The lowest BCUT2D eigenvalue weighted by Gasteiger charge is -2.47. The molecule has 0 N–H and O–H groups in total. The van der Waals surface area contributed by atoms with Crippen LogP contribution in [-0.4, -0.2) is 43.3 Å². The van der Waals surface area contributed by atoms with Gasteiger partial charge in [0.1, 0.15) is 0 Å². The van der Waals surface area contributed by atoms with Crippen LogP contribution in [0, 0.1) is 5.92 Å². The highest BCUT2D eigenvalue weighted by atomic mass is 32.2. The van der Waals surface area contributed by atoms with E-state index < -0.39 is 52.3 Å². The molecule has 0 amide bonds. The highest BCUT2D eigenvalue weighted by molar-refractivity contribution is 7.85. The van der Waals surface area contributed by atoms with E-state index in [2.05, 4.69) is 4.74 Å². The first kappa shape index (κ1) is 23.1. The Balaban J connectivity index is 1.73.